The maximum Gasteiger partial charge on any atom is 0.524 e. The number of aryl methyl sites for hydroxylation is 2. The van der Waals surface area contributed by atoms with E-state index >= 15 is 0 Å². The summed E-state index contributed by atoms with van der Waals surface area (Å²) in [4.78, 5) is 32.2. The van der Waals surface area contributed by atoms with Crippen LogP contribution in [0.25, 0.3) is 0 Å². The molecule has 1 unspecified atom stereocenters. The lowest BCUT2D eigenvalue weighted by molar-refractivity contribution is 0.0245. The average molecular weight is 511 g/mol. The summed E-state index contributed by atoms with van der Waals surface area (Å²) in [6.45, 7) is 11.4. The molecule has 3 N–H and O–H groups in total. The van der Waals surface area contributed by atoms with Gasteiger partial charge in [0.1, 0.15) is 11.5 Å². The molecule has 3 aromatic rings. The van der Waals surface area contributed by atoms with E-state index in [0.29, 0.717) is 33.4 Å². The molecule has 190 valence electrons. The SMILES string of the molecule is Cc1cc(C2(c3cc(C)c(OP(=O)(O)O)cc3C(C)C)OC(=O)c3ccccc32)c(C(C)C)cc1O. The zero-order valence-electron chi connectivity index (χ0n) is 21.2. The summed E-state index contributed by atoms with van der Waals surface area (Å²) in [5, 5.41) is 10.6. The van der Waals surface area contributed by atoms with Gasteiger partial charge in [-0.2, -0.15) is 0 Å². The van der Waals surface area contributed by atoms with Gasteiger partial charge in [0.25, 0.3) is 0 Å². The van der Waals surface area contributed by atoms with Crippen molar-refractivity contribution in [3.05, 3.63) is 93.0 Å². The van der Waals surface area contributed by atoms with Gasteiger partial charge >= 0.3 is 13.8 Å². The highest BCUT2D eigenvalue weighted by molar-refractivity contribution is 7.46. The molecule has 0 bridgehead atoms. The highest BCUT2D eigenvalue weighted by atomic mass is 31.2. The molecule has 0 radical (unpaired) electrons. The number of esters is 1. The van der Waals surface area contributed by atoms with E-state index in [1.54, 1.807) is 44.2 Å². The second-order valence-corrected chi connectivity index (χ2v) is 11.1. The summed E-state index contributed by atoms with van der Waals surface area (Å²) in [7, 11) is -4.79. The minimum atomic E-state index is -4.79. The number of phosphoric acid groups is 1. The van der Waals surface area contributed by atoms with E-state index < -0.39 is 19.4 Å². The van der Waals surface area contributed by atoms with Gasteiger partial charge in [-0.15, -0.1) is 0 Å². The van der Waals surface area contributed by atoms with E-state index in [4.69, 9.17) is 9.26 Å². The van der Waals surface area contributed by atoms with Crippen LogP contribution in [0.5, 0.6) is 11.5 Å². The maximum absolute atomic E-state index is 13.3. The van der Waals surface area contributed by atoms with Crippen molar-refractivity contribution < 1.29 is 33.5 Å². The molecule has 0 saturated carbocycles. The molecule has 1 atom stereocenters. The van der Waals surface area contributed by atoms with Gasteiger partial charge in [-0.25, -0.2) is 9.36 Å². The van der Waals surface area contributed by atoms with E-state index in [0.717, 1.165) is 11.1 Å². The monoisotopic (exact) mass is 510 g/mol. The summed E-state index contributed by atoms with van der Waals surface area (Å²) in [6, 6.07) is 14.2. The van der Waals surface area contributed by atoms with Gasteiger partial charge in [-0.1, -0.05) is 45.9 Å². The summed E-state index contributed by atoms with van der Waals surface area (Å²) in [5.74, 6) is -0.358. The smallest absolute Gasteiger partial charge is 0.508 e. The van der Waals surface area contributed by atoms with E-state index in [9.17, 15) is 24.3 Å². The number of phenolic OH excluding ortho intramolecular Hbond substituents is 1. The Bertz CT molecular complexity index is 1400. The van der Waals surface area contributed by atoms with Gasteiger partial charge in [0.15, 0.2) is 5.60 Å². The molecule has 36 heavy (non-hydrogen) atoms. The van der Waals surface area contributed by atoms with Crippen LogP contribution in [0, 0.1) is 13.8 Å². The van der Waals surface area contributed by atoms with Crippen LogP contribution in [0.1, 0.15) is 88.8 Å². The van der Waals surface area contributed by atoms with Crippen molar-refractivity contribution in [1.82, 2.24) is 0 Å². The van der Waals surface area contributed by atoms with Gasteiger partial charge in [-0.05, 0) is 78.3 Å². The molecule has 0 spiro atoms. The molecule has 0 aromatic heterocycles. The van der Waals surface area contributed by atoms with E-state index in [1.165, 1.54) is 0 Å². The largest absolute Gasteiger partial charge is 0.524 e. The Morgan fingerprint density at radius 2 is 1.42 bits per heavy atom. The molecule has 8 heteroatoms. The standard InChI is InChI=1S/C28H31O7P/c1-15(2)20-13-25(29)17(5)11-23(20)28(22-10-8-7-9-19(22)27(30)34-28)24-12-18(6)26(35-36(31,32)33)14-21(24)16(3)4/h7-16,29H,1-6H3,(H2,31,32,33). The normalized spacial score (nSPS) is 17.4. The Hall–Kier alpha value is -3.12. The second kappa shape index (κ2) is 9.07. The maximum atomic E-state index is 13.3. The van der Waals surface area contributed by atoms with Crippen LogP contribution in [0.3, 0.4) is 0 Å². The molecule has 0 saturated heterocycles. The third-order valence-electron chi connectivity index (χ3n) is 6.71. The first-order chi connectivity index (χ1) is 16.8. The van der Waals surface area contributed by atoms with Crippen LogP contribution >= 0.6 is 7.82 Å². The molecule has 4 rings (SSSR count). The number of aromatic hydroxyl groups is 1. The van der Waals surface area contributed by atoms with Crippen molar-refractivity contribution in [2.75, 3.05) is 0 Å². The summed E-state index contributed by atoms with van der Waals surface area (Å²) in [5.41, 5.74) is 3.86. The minimum absolute atomic E-state index is 0.00398. The fraction of sp³-hybridized carbons (Fsp3) is 0.321. The lowest BCUT2D eigenvalue weighted by Gasteiger charge is -2.36. The van der Waals surface area contributed by atoms with Crippen LogP contribution in [-0.4, -0.2) is 20.9 Å². The van der Waals surface area contributed by atoms with Crippen molar-refractivity contribution in [1.29, 1.82) is 0 Å². The average Bonchev–Trinajstić information content (AvgIpc) is 3.08. The first-order valence-corrected chi connectivity index (χ1v) is 13.4. The number of rotatable bonds is 6. The Morgan fingerprint density at radius 1 is 0.861 bits per heavy atom. The topological polar surface area (TPSA) is 113 Å². The number of hydrogen-bond acceptors (Lipinski definition) is 5. The molecule has 0 aliphatic carbocycles. The van der Waals surface area contributed by atoms with Crippen molar-refractivity contribution >= 4 is 13.8 Å². The number of ether oxygens (including phenoxy) is 1. The van der Waals surface area contributed by atoms with Crippen LogP contribution in [0.2, 0.25) is 0 Å². The number of phosphoric ester groups is 1. The van der Waals surface area contributed by atoms with Crippen LogP contribution in [0.4, 0.5) is 0 Å². The lowest BCUT2D eigenvalue weighted by atomic mass is 9.72. The number of carbonyl (C=O) groups excluding carboxylic acids is 1. The Kier molecular flexibility index (Phi) is 6.54. The van der Waals surface area contributed by atoms with Crippen molar-refractivity contribution in [3.8, 4) is 11.5 Å². The molecule has 1 aliphatic heterocycles. The van der Waals surface area contributed by atoms with Crippen molar-refractivity contribution in [2.24, 2.45) is 0 Å². The quantitative estimate of drug-likeness (QED) is 0.268. The minimum Gasteiger partial charge on any atom is -0.508 e. The van der Waals surface area contributed by atoms with Gasteiger partial charge in [0.2, 0.25) is 0 Å². The van der Waals surface area contributed by atoms with E-state index in [-0.39, 0.29) is 23.3 Å². The van der Waals surface area contributed by atoms with Gasteiger partial charge in [-0.3, -0.25) is 9.79 Å². The van der Waals surface area contributed by atoms with Crippen molar-refractivity contribution in [3.63, 3.8) is 0 Å². The molecule has 3 aromatic carbocycles. The fourth-order valence-corrected chi connectivity index (χ4v) is 5.42. The third kappa shape index (κ3) is 4.32. The van der Waals surface area contributed by atoms with E-state index in [1.807, 2.05) is 45.9 Å². The Morgan fingerprint density at radius 3 is 2.00 bits per heavy atom. The number of benzene rings is 3. The molecule has 0 fully saturated rings. The van der Waals surface area contributed by atoms with Gasteiger partial charge in [0, 0.05) is 16.7 Å². The highest BCUT2D eigenvalue weighted by Crippen LogP contribution is 2.53. The predicted octanol–water partition coefficient (Wildman–Crippen LogP) is 6.19. The van der Waals surface area contributed by atoms with Crippen LogP contribution in [0.15, 0.2) is 48.5 Å². The number of fused-ring (bicyclic) bond motifs is 1. The van der Waals surface area contributed by atoms with Crippen LogP contribution < -0.4 is 4.52 Å². The second-order valence-electron chi connectivity index (χ2n) is 9.94. The lowest BCUT2D eigenvalue weighted by Crippen LogP contribution is -2.33. The highest BCUT2D eigenvalue weighted by Gasteiger charge is 2.51. The number of hydrogen-bond donors (Lipinski definition) is 3. The summed E-state index contributed by atoms with van der Waals surface area (Å²) < 4.78 is 23.0. The molecular formula is C28H31O7P. The predicted molar refractivity (Wildman–Crippen MR) is 137 cm³/mol. The van der Waals surface area contributed by atoms with Gasteiger partial charge in [0.05, 0.1) is 5.56 Å². The zero-order chi connectivity index (χ0) is 26.6. The first kappa shape index (κ1) is 26.0. The van der Waals surface area contributed by atoms with Crippen molar-refractivity contribution in [2.45, 2.75) is 59.0 Å². The summed E-state index contributed by atoms with van der Waals surface area (Å²) in [6.07, 6.45) is 0. The number of carbonyl (C=O) groups is 1. The fourth-order valence-electron chi connectivity index (χ4n) is 4.97. The Labute approximate surface area is 211 Å². The molecule has 7 nitrogen and oxygen atoms in total. The number of cyclic esters (lactones) is 1. The van der Waals surface area contributed by atoms with Crippen LogP contribution in [-0.2, 0) is 14.9 Å². The molecule has 1 aliphatic rings. The Balaban J connectivity index is 2.16. The number of phenols is 1. The summed E-state index contributed by atoms with van der Waals surface area (Å²) >= 11 is 0. The van der Waals surface area contributed by atoms with Gasteiger partial charge < -0.3 is 14.4 Å². The molecular weight excluding hydrogens is 479 g/mol. The molecule has 0 amide bonds. The van der Waals surface area contributed by atoms with E-state index in [2.05, 4.69) is 0 Å². The zero-order valence-corrected chi connectivity index (χ0v) is 22.1. The third-order valence-corrected chi connectivity index (χ3v) is 7.14. The molecule has 1 heterocycles. The first-order valence-electron chi connectivity index (χ1n) is 11.8.